The SMILES string of the molecule is O=S1(=O)CC(Cl)C(NC(=S)Nc2nccs2)C1. The number of anilines is 1. The third-order valence-corrected chi connectivity index (χ3v) is 5.54. The van der Waals surface area contributed by atoms with E-state index in [0.717, 1.165) is 0 Å². The Hall–Kier alpha value is -0.440. The number of hydrogen-bond acceptors (Lipinski definition) is 5. The Balaban J connectivity index is 1.91. The molecule has 2 atom stereocenters. The summed E-state index contributed by atoms with van der Waals surface area (Å²) in [6.07, 6.45) is 1.65. The van der Waals surface area contributed by atoms with Crippen LogP contribution in [0.15, 0.2) is 11.6 Å². The van der Waals surface area contributed by atoms with Crippen LogP contribution in [-0.2, 0) is 9.84 Å². The number of thiocarbonyl (C=S) groups is 1. The van der Waals surface area contributed by atoms with Crippen molar-refractivity contribution in [2.45, 2.75) is 11.4 Å². The molecule has 0 aliphatic carbocycles. The molecule has 2 N–H and O–H groups in total. The number of aromatic nitrogens is 1. The topological polar surface area (TPSA) is 71.1 Å². The van der Waals surface area contributed by atoms with Crippen molar-refractivity contribution in [1.29, 1.82) is 0 Å². The van der Waals surface area contributed by atoms with Crippen LogP contribution in [0.1, 0.15) is 0 Å². The molecule has 0 spiro atoms. The van der Waals surface area contributed by atoms with Crippen LogP contribution >= 0.6 is 35.2 Å². The van der Waals surface area contributed by atoms with E-state index in [9.17, 15) is 8.42 Å². The summed E-state index contributed by atoms with van der Waals surface area (Å²) in [5.41, 5.74) is 0. The fourth-order valence-electron chi connectivity index (χ4n) is 1.52. The summed E-state index contributed by atoms with van der Waals surface area (Å²) < 4.78 is 22.7. The summed E-state index contributed by atoms with van der Waals surface area (Å²) in [4.78, 5) is 4.01. The summed E-state index contributed by atoms with van der Waals surface area (Å²) in [5.74, 6) is 0.00689. The van der Waals surface area contributed by atoms with Gasteiger partial charge >= 0.3 is 0 Å². The Labute approximate surface area is 113 Å². The smallest absolute Gasteiger partial charge is 0.188 e. The number of sulfone groups is 1. The van der Waals surface area contributed by atoms with Crippen molar-refractivity contribution in [2.75, 3.05) is 16.8 Å². The highest BCUT2D eigenvalue weighted by Crippen LogP contribution is 2.18. The molecule has 9 heteroatoms. The number of alkyl halides is 1. The van der Waals surface area contributed by atoms with Crippen LogP contribution in [0.2, 0.25) is 0 Å². The molecule has 1 aromatic heterocycles. The van der Waals surface area contributed by atoms with Gasteiger partial charge in [0.2, 0.25) is 0 Å². The van der Waals surface area contributed by atoms with Gasteiger partial charge < -0.3 is 10.6 Å². The van der Waals surface area contributed by atoms with Crippen LogP contribution in [-0.4, -0.2) is 41.4 Å². The summed E-state index contributed by atoms with van der Waals surface area (Å²) in [6.45, 7) is 0. The van der Waals surface area contributed by atoms with Crippen molar-refractivity contribution in [2.24, 2.45) is 0 Å². The molecule has 0 radical (unpaired) electrons. The zero-order valence-corrected chi connectivity index (χ0v) is 11.8. The van der Waals surface area contributed by atoms with Crippen LogP contribution in [0.4, 0.5) is 5.13 Å². The van der Waals surface area contributed by atoms with E-state index in [0.29, 0.717) is 10.2 Å². The van der Waals surface area contributed by atoms with Crippen molar-refractivity contribution in [3.05, 3.63) is 11.6 Å². The maximum atomic E-state index is 11.4. The lowest BCUT2D eigenvalue weighted by atomic mass is 10.3. The first kappa shape index (κ1) is 13.0. The van der Waals surface area contributed by atoms with Crippen LogP contribution in [0.3, 0.4) is 0 Å². The average Bonchev–Trinajstić information content (AvgIpc) is 2.75. The van der Waals surface area contributed by atoms with Crippen LogP contribution in [0, 0.1) is 0 Å². The zero-order chi connectivity index (χ0) is 12.5. The van der Waals surface area contributed by atoms with E-state index in [1.165, 1.54) is 11.3 Å². The quantitative estimate of drug-likeness (QED) is 0.623. The molecular weight excluding hydrogens is 302 g/mol. The molecule has 1 aliphatic rings. The van der Waals surface area contributed by atoms with Crippen LogP contribution in [0.25, 0.3) is 0 Å². The molecule has 94 valence electrons. The summed E-state index contributed by atoms with van der Waals surface area (Å²) in [7, 11) is -3.05. The van der Waals surface area contributed by atoms with Crippen molar-refractivity contribution in [1.82, 2.24) is 10.3 Å². The Bertz CT molecular complexity index is 502. The second kappa shape index (κ2) is 5.05. The van der Waals surface area contributed by atoms with Gasteiger partial charge in [-0.25, -0.2) is 13.4 Å². The van der Waals surface area contributed by atoms with Gasteiger partial charge in [-0.2, -0.15) is 0 Å². The maximum absolute atomic E-state index is 11.4. The normalized spacial score (nSPS) is 26.6. The lowest BCUT2D eigenvalue weighted by Crippen LogP contribution is -2.42. The van der Waals surface area contributed by atoms with Gasteiger partial charge in [-0.15, -0.1) is 22.9 Å². The molecule has 0 amide bonds. The van der Waals surface area contributed by atoms with Crippen LogP contribution < -0.4 is 10.6 Å². The number of hydrogen-bond donors (Lipinski definition) is 2. The lowest BCUT2D eigenvalue weighted by molar-refractivity contribution is 0.600. The summed E-state index contributed by atoms with van der Waals surface area (Å²) in [6, 6.07) is -0.346. The lowest BCUT2D eigenvalue weighted by Gasteiger charge is -2.16. The fraction of sp³-hybridized carbons (Fsp3) is 0.500. The van der Waals surface area contributed by atoms with Gasteiger partial charge in [-0.3, -0.25) is 0 Å². The third-order valence-electron chi connectivity index (χ3n) is 2.25. The first-order chi connectivity index (χ1) is 7.96. The van der Waals surface area contributed by atoms with Gasteiger partial charge in [-0.1, -0.05) is 0 Å². The van der Waals surface area contributed by atoms with E-state index >= 15 is 0 Å². The van der Waals surface area contributed by atoms with Gasteiger partial charge in [0.15, 0.2) is 20.1 Å². The predicted molar refractivity (Wildman–Crippen MR) is 73.6 cm³/mol. The van der Waals surface area contributed by atoms with Crippen molar-refractivity contribution in [3.8, 4) is 0 Å². The van der Waals surface area contributed by atoms with Gasteiger partial charge in [0.05, 0.1) is 22.9 Å². The van der Waals surface area contributed by atoms with E-state index in [2.05, 4.69) is 15.6 Å². The minimum atomic E-state index is -3.05. The Morgan fingerprint density at radius 2 is 2.35 bits per heavy atom. The molecule has 2 heterocycles. The molecule has 0 saturated carbocycles. The molecule has 2 unspecified atom stereocenters. The molecule has 5 nitrogen and oxygen atoms in total. The van der Waals surface area contributed by atoms with E-state index in [1.54, 1.807) is 6.20 Å². The second-order valence-electron chi connectivity index (χ2n) is 3.64. The molecule has 2 rings (SSSR count). The number of nitrogens with one attached hydrogen (secondary N) is 2. The highest BCUT2D eigenvalue weighted by atomic mass is 35.5. The van der Waals surface area contributed by atoms with E-state index < -0.39 is 15.2 Å². The molecule has 17 heavy (non-hydrogen) atoms. The van der Waals surface area contributed by atoms with Gasteiger partial charge in [0.1, 0.15) is 0 Å². The van der Waals surface area contributed by atoms with Crippen molar-refractivity contribution in [3.63, 3.8) is 0 Å². The minimum absolute atomic E-state index is 0.00785. The van der Waals surface area contributed by atoms with Gasteiger partial charge in [0, 0.05) is 11.6 Å². The number of thiazole rings is 1. The number of rotatable bonds is 2. The Morgan fingerprint density at radius 1 is 1.59 bits per heavy atom. The number of nitrogens with zero attached hydrogens (tertiary/aromatic N) is 1. The zero-order valence-electron chi connectivity index (χ0n) is 8.59. The largest absolute Gasteiger partial charge is 0.357 e. The molecule has 1 aliphatic heterocycles. The highest BCUT2D eigenvalue weighted by Gasteiger charge is 2.36. The van der Waals surface area contributed by atoms with Crippen LogP contribution in [0.5, 0.6) is 0 Å². The monoisotopic (exact) mass is 311 g/mol. The van der Waals surface area contributed by atoms with Gasteiger partial charge in [-0.05, 0) is 12.2 Å². The van der Waals surface area contributed by atoms with E-state index in [4.69, 9.17) is 23.8 Å². The van der Waals surface area contributed by atoms with E-state index in [-0.39, 0.29) is 17.5 Å². The fourth-order valence-corrected chi connectivity index (χ4v) is 4.92. The standard InChI is InChI=1S/C8H10ClN3O2S3/c9-5-3-17(13,14)4-6(5)11-7(15)12-8-10-1-2-16-8/h1-2,5-6H,3-4H2,(H2,10,11,12,15). The van der Waals surface area contributed by atoms with Crippen molar-refractivity contribution >= 4 is 55.2 Å². The second-order valence-corrected chi connectivity index (χ2v) is 7.65. The molecular formula is C8H10ClN3O2S3. The summed E-state index contributed by atoms with van der Waals surface area (Å²) >= 11 is 12.4. The molecule has 0 aromatic carbocycles. The first-order valence-electron chi connectivity index (χ1n) is 4.78. The Morgan fingerprint density at radius 3 is 2.88 bits per heavy atom. The maximum Gasteiger partial charge on any atom is 0.188 e. The van der Waals surface area contributed by atoms with Crippen molar-refractivity contribution < 1.29 is 8.42 Å². The summed E-state index contributed by atoms with van der Waals surface area (Å²) in [5, 5.41) is 8.14. The first-order valence-corrected chi connectivity index (χ1v) is 8.32. The van der Waals surface area contributed by atoms with E-state index in [1.807, 2.05) is 5.38 Å². The molecule has 1 fully saturated rings. The molecule has 1 aromatic rings. The third kappa shape index (κ3) is 3.51. The van der Waals surface area contributed by atoms with Gasteiger partial charge in [0.25, 0.3) is 0 Å². The molecule has 0 bridgehead atoms. The number of halogens is 1. The minimum Gasteiger partial charge on any atom is -0.357 e. The highest BCUT2D eigenvalue weighted by molar-refractivity contribution is 7.91. The predicted octanol–water partition coefficient (Wildman–Crippen LogP) is 0.834. The average molecular weight is 312 g/mol. The Kier molecular flexibility index (Phi) is 3.86. The molecule has 1 saturated heterocycles.